The highest BCUT2D eigenvalue weighted by Gasteiger charge is 2.40. The number of aliphatic hydroxyl groups excluding tert-OH is 1. The second-order valence-corrected chi connectivity index (χ2v) is 12.4. The molecular formula is C27H30F2N6O3S. The zero-order chi connectivity index (χ0) is 27.9. The summed E-state index contributed by atoms with van der Waals surface area (Å²) in [5.74, 6) is -1.36. The lowest BCUT2D eigenvalue weighted by atomic mass is 9.76. The summed E-state index contributed by atoms with van der Waals surface area (Å²) >= 11 is 0. The van der Waals surface area contributed by atoms with Crippen molar-refractivity contribution < 1.29 is 22.3 Å². The van der Waals surface area contributed by atoms with Gasteiger partial charge in [0, 0.05) is 25.1 Å². The Hall–Kier alpha value is -3.48. The van der Waals surface area contributed by atoms with E-state index in [9.17, 15) is 17.2 Å². The van der Waals surface area contributed by atoms with Crippen LogP contribution >= 0.6 is 0 Å². The van der Waals surface area contributed by atoms with Crippen LogP contribution in [0.1, 0.15) is 36.8 Å². The van der Waals surface area contributed by atoms with Crippen LogP contribution in [0.25, 0.3) is 16.8 Å². The van der Waals surface area contributed by atoms with Crippen LogP contribution in [0.3, 0.4) is 0 Å². The van der Waals surface area contributed by atoms with Gasteiger partial charge in [0.25, 0.3) is 0 Å². The van der Waals surface area contributed by atoms with Crippen molar-refractivity contribution in [3.63, 3.8) is 0 Å². The Morgan fingerprint density at radius 3 is 2.56 bits per heavy atom. The molecule has 1 fully saturated rings. The van der Waals surface area contributed by atoms with Gasteiger partial charge in [-0.15, -0.1) is 0 Å². The molecule has 0 radical (unpaired) electrons. The number of nitrogens with one attached hydrogen (secondary N) is 1. The summed E-state index contributed by atoms with van der Waals surface area (Å²) in [5.41, 5.74) is 8.70. The summed E-state index contributed by atoms with van der Waals surface area (Å²) in [7, 11) is -3.28. The molecule has 4 atom stereocenters. The second-order valence-electron chi connectivity index (χ2n) is 10.2. The third-order valence-corrected chi connectivity index (χ3v) is 9.18. The van der Waals surface area contributed by atoms with Crippen LogP contribution in [-0.4, -0.2) is 57.3 Å². The smallest absolute Gasteiger partial charge is 0.229 e. The fraction of sp³-hybridized carbons (Fsp3) is 0.370. The van der Waals surface area contributed by atoms with Crippen LogP contribution in [0.5, 0.6) is 0 Å². The maximum atomic E-state index is 14.9. The quantitative estimate of drug-likeness (QED) is 0.314. The number of imidazole rings is 1. The minimum Gasteiger partial charge on any atom is -0.396 e. The fourth-order valence-electron chi connectivity index (χ4n) is 5.79. The first-order valence-corrected chi connectivity index (χ1v) is 14.6. The van der Waals surface area contributed by atoms with Crippen molar-refractivity contribution in [2.24, 2.45) is 11.7 Å². The zero-order valence-corrected chi connectivity index (χ0v) is 22.4. The molecule has 3 aromatic heterocycles. The normalized spacial score (nSPS) is 21.8. The molecule has 0 unspecified atom stereocenters. The maximum absolute atomic E-state index is 14.9. The Bertz CT molecular complexity index is 1590. The minimum atomic E-state index is -3.28. The summed E-state index contributed by atoms with van der Waals surface area (Å²) in [4.78, 5) is 8.65. The third-order valence-electron chi connectivity index (χ3n) is 7.37. The topological polar surface area (TPSA) is 136 Å². The molecule has 1 aliphatic rings. The third kappa shape index (κ3) is 5.36. The number of anilines is 2. The fourth-order valence-corrected chi connectivity index (χ4v) is 7.49. The van der Waals surface area contributed by atoms with E-state index >= 15 is 0 Å². The Morgan fingerprint density at radius 1 is 1.15 bits per heavy atom. The first kappa shape index (κ1) is 27.1. The summed E-state index contributed by atoms with van der Waals surface area (Å²) in [6.07, 6.45) is 7.42. The molecule has 0 spiro atoms. The standard InChI is InChI=1S/C27H30F2N6O3S/c1-15-9-17(12-22(30)26(15)39(2,37)38)19-5-7-31-14-24(19)33-27-32-13-18-3-4-23(34-35(18)27)25-20(28)10-16(6-8-36)11-21(25)29/h3-5,7,10-11,13-15,17,22,26,36H,6,8-9,12,30H2,1-2H3,(H,32,33)/t15-,17+,22+,26-/m0/s1. The summed E-state index contributed by atoms with van der Waals surface area (Å²) in [6.45, 7) is 1.70. The molecule has 0 amide bonds. The van der Waals surface area contributed by atoms with E-state index in [1.807, 2.05) is 13.0 Å². The first-order valence-electron chi connectivity index (χ1n) is 12.7. The number of hydrogen-bond donors (Lipinski definition) is 3. The largest absolute Gasteiger partial charge is 0.396 e. The number of fused-ring (bicyclic) bond motifs is 1. The second kappa shape index (κ2) is 10.6. The van der Waals surface area contributed by atoms with Gasteiger partial charge >= 0.3 is 0 Å². The van der Waals surface area contributed by atoms with E-state index in [0.29, 0.717) is 35.6 Å². The molecule has 5 rings (SSSR count). The highest BCUT2D eigenvalue weighted by Crippen LogP contribution is 2.41. The van der Waals surface area contributed by atoms with E-state index in [2.05, 4.69) is 20.4 Å². The Balaban J connectivity index is 1.47. The lowest BCUT2D eigenvalue weighted by molar-refractivity contribution is 0.299. The molecule has 9 nitrogen and oxygen atoms in total. The van der Waals surface area contributed by atoms with Crippen LogP contribution in [0.15, 0.2) is 48.9 Å². The molecule has 1 saturated carbocycles. The van der Waals surface area contributed by atoms with E-state index in [4.69, 9.17) is 10.8 Å². The molecule has 4 aromatic rings. The number of nitrogens with two attached hydrogens (primary N) is 1. The lowest BCUT2D eigenvalue weighted by Crippen LogP contribution is -2.48. The van der Waals surface area contributed by atoms with Crippen molar-refractivity contribution in [1.82, 2.24) is 19.6 Å². The lowest BCUT2D eigenvalue weighted by Gasteiger charge is -2.38. The summed E-state index contributed by atoms with van der Waals surface area (Å²) in [5, 5.41) is 16.2. The van der Waals surface area contributed by atoms with Gasteiger partial charge in [0.05, 0.1) is 40.1 Å². The molecule has 206 valence electrons. The van der Waals surface area contributed by atoms with E-state index in [-0.39, 0.29) is 36.1 Å². The molecule has 3 heterocycles. The van der Waals surface area contributed by atoms with Crippen molar-refractivity contribution in [1.29, 1.82) is 0 Å². The van der Waals surface area contributed by atoms with Crippen molar-refractivity contribution in [3.8, 4) is 11.3 Å². The van der Waals surface area contributed by atoms with Crippen LogP contribution in [0, 0.1) is 17.6 Å². The molecule has 1 aliphatic carbocycles. The Morgan fingerprint density at radius 2 is 1.90 bits per heavy atom. The van der Waals surface area contributed by atoms with Crippen LogP contribution < -0.4 is 11.1 Å². The monoisotopic (exact) mass is 556 g/mol. The van der Waals surface area contributed by atoms with Crippen LogP contribution in [-0.2, 0) is 16.3 Å². The van der Waals surface area contributed by atoms with Gasteiger partial charge in [0.2, 0.25) is 5.95 Å². The molecular weight excluding hydrogens is 526 g/mol. The average Bonchev–Trinajstić information content (AvgIpc) is 3.25. The number of rotatable bonds is 7. The number of benzene rings is 1. The van der Waals surface area contributed by atoms with E-state index in [1.54, 1.807) is 24.7 Å². The molecule has 0 aliphatic heterocycles. The number of halogens is 2. The zero-order valence-electron chi connectivity index (χ0n) is 21.6. The van der Waals surface area contributed by atoms with Gasteiger partial charge in [-0.1, -0.05) is 6.92 Å². The van der Waals surface area contributed by atoms with E-state index in [1.165, 1.54) is 29.0 Å². The van der Waals surface area contributed by atoms with Gasteiger partial charge in [0.1, 0.15) is 11.6 Å². The maximum Gasteiger partial charge on any atom is 0.229 e. The molecule has 0 bridgehead atoms. The number of sulfone groups is 1. The van der Waals surface area contributed by atoms with Crippen molar-refractivity contribution in [3.05, 3.63) is 71.7 Å². The molecule has 12 heteroatoms. The van der Waals surface area contributed by atoms with E-state index in [0.717, 1.165) is 5.56 Å². The molecule has 4 N–H and O–H groups in total. The summed E-state index contributed by atoms with van der Waals surface area (Å²) < 4.78 is 55.8. The predicted octanol–water partition coefficient (Wildman–Crippen LogP) is 3.60. The summed E-state index contributed by atoms with van der Waals surface area (Å²) in [6, 6.07) is 6.95. The Kier molecular flexibility index (Phi) is 7.36. The van der Waals surface area contributed by atoms with Crippen LogP contribution in [0.2, 0.25) is 0 Å². The number of nitrogens with zero attached hydrogens (tertiary/aromatic N) is 4. The van der Waals surface area contributed by atoms with Gasteiger partial charge in [-0.05, 0) is 72.6 Å². The van der Waals surface area contributed by atoms with Gasteiger partial charge in [0.15, 0.2) is 9.84 Å². The molecule has 1 aromatic carbocycles. The van der Waals surface area contributed by atoms with Gasteiger partial charge < -0.3 is 16.2 Å². The average molecular weight is 557 g/mol. The van der Waals surface area contributed by atoms with Crippen LogP contribution in [0.4, 0.5) is 20.4 Å². The number of hydrogen-bond acceptors (Lipinski definition) is 8. The number of aromatic nitrogens is 4. The van der Waals surface area contributed by atoms with Gasteiger partial charge in [-0.25, -0.2) is 22.2 Å². The van der Waals surface area contributed by atoms with Crippen molar-refractivity contribution >= 4 is 27.0 Å². The highest BCUT2D eigenvalue weighted by atomic mass is 32.2. The van der Waals surface area contributed by atoms with Crippen molar-refractivity contribution in [2.45, 2.75) is 43.4 Å². The van der Waals surface area contributed by atoms with Crippen molar-refractivity contribution in [2.75, 3.05) is 18.2 Å². The molecule has 39 heavy (non-hydrogen) atoms. The first-order chi connectivity index (χ1) is 18.6. The minimum absolute atomic E-state index is 0.00567. The SMILES string of the molecule is C[C@H]1C[C@@H](c2ccncc2Nc2ncc3ccc(-c4c(F)cc(CCO)cc4F)nn23)C[C@@H](N)[C@H]1S(C)(=O)=O. The number of pyridine rings is 1. The Labute approximate surface area is 225 Å². The highest BCUT2D eigenvalue weighted by molar-refractivity contribution is 7.91. The number of aliphatic hydroxyl groups is 1. The predicted molar refractivity (Wildman–Crippen MR) is 144 cm³/mol. The van der Waals surface area contributed by atoms with E-state index < -0.39 is 32.8 Å². The van der Waals surface area contributed by atoms with Gasteiger partial charge in [-0.3, -0.25) is 4.98 Å². The van der Waals surface area contributed by atoms with Gasteiger partial charge in [-0.2, -0.15) is 9.61 Å². The molecule has 0 saturated heterocycles.